The molecule has 108 valence electrons. The minimum atomic E-state index is -0.964. The number of rotatable bonds is 3. The maximum Gasteiger partial charge on any atom is 0.285 e. The van der Waals surface area contributed by atoms with Crippen molar-refractivity contribution in [3.05, 3.63) is 36.4 Å². The van der Waals surface area contributed by atoms with Crippen LogP contribution < -0.4 is 10.9 Å². The molecular weight excluding hydrogens is 268 g/mol. The van der Waals surface area contributed by atoms with Crippen LogP contribution >= 0.6 is 0 Å². The Morgan fingerprint density at radius 3 is 2.86 bits per heavy atom. The summed E-state index contributed by atoms with van der Waals surface area (Å²) < 4.78 is 0. The SMILES string of the molecule is CC1=NOC(C)(C(=O)NNc2ccc3ccccc3n2)C1. The summed E-state index contributed by atoms with van der Waals surface area (Å²) >= 11 is 0. The molecule has 1 aliphatic rings. The van der Waals surface area contributed by atoms with Crippen LogP contribution in [0.3, 0.4) is 0 Å². The van der Waals surface area contributed by atoms with Crippen LogP contribution in [0, 0.1) is 0 Å². The zero-order chi connectivity index (χ0) is 14.9. The lowest BCUT2D eigenvalue weighted by Crippen LogP contribution is -2.46. The van der Waals surface area contributed by atoms with E-state index in [2.05, 4.69) is 21.0 Å². The Bertz CT molecular complexity index is 728. The molecular formula is C15H16N4O2. The predicted octanol–water partition coefficient (Wildman–Crippen LogP) is 2.23. The molecule has 6 nitrogen and oxygen atoms in total. The van der Waals surface area contributed by atoms with Gasteiger partial charge >= 0.3 is 0 Å². The molecule has 1 amide bonds. The van der Waals surface area contributed by atoms with Gasteiger partial charge in [-0.05, 0) is 32.0 Å². The highest BCUT2D eigenvalue weighted by molar-refractivity contribution is 5.94. The summed E-state index contributed by atoms with van der Waals surface area (Å²) in [6.45, 7) is 3.54. The highest BCUT2D eigenvalue weighted by Crippen LogP contribution is 2.23. The summed E-state index contributed by atoms with van der Waals surface area (Å²) in [5.74, 6) is 0.291. The number of para-hydroxylation sites is 1. The number of nitrogens with one attached hydrogen (secondary N) is 2. The number of fused-ring (bicyclic) bond motifs is 1. The molecule has 0 saturated heterocycles. The second kappa shape index (κ2) is 5.05. The molecule has 1 aliphatic heterocycles. The van der Waals surface area contributed by atoms with Crippen LogP contribution in [-0.2, 0) is 9.63 Å². The molecule has 0 spiro atoms. The van der Waals surface area contributed by atoms with E-state index < -0.39 is 5.60 Å². The number of oxime groups is 1. The van der Waals surface area contributed by atoms with Gasteiger partial charge in [-0.15, -0.1) is 0 Å². The zero-order valence-electron chi connectivity index (χ0n) is 11.9. The normalized spacial score (nSPS) is 20.8. The second-order valence-corrected chi connectivity index (χ2v) is 5.29. The molecule has 3 rings (SSSR count). The number of hydrazine groups is 1. The lowest BCUT2D eigenvalue weighted by Gasteiger charge is -2.20. The van der Waals surface area contributed by atoms with E-state index in [1.807, 2.05) is 43.3 Å². The number of hydrogen-bond donors (Lipinski definition) is 2. The minimum Gasteiger partial charge on any atom is -0.379 e. The van der Waals surface area contributed by atoms with Crippen molar-refractivity contribution in [2.45, 2.75) is 25.9 Å². The van der Waals surface area contributed by atoms with Crippen LogP contribution in [0.5, 0.6) is 0 Å². The fourth-order valence-electron chi connectivity index (χ4n) is 2.24. The minimum absolute atomic E-state index is 0.280. The van der Waals surface area contributed by atoms with Crippen molar-refractivity contribution in [3.8, 4) is 0 Å². The highest BCUT2D eigenvalue weighted by atomic mass is 16.7. The van der Waals surface area contributed by atoms with Crippen molar-refractivity contribution in [3.63, 3.8) is 0 Å². The predicted molar refractivity (Wildman–Crippen MR) is 80.7 cm³/mol. The van der Waals surface area contributed by atoms with E-state index in [0.29, 0.717) is 12.2 Å². The Balaban J connectivity index is 1.67. The third kappa shape index (κ3) is 2.65. The van der Waals surface area contributed by atoms with Crippen molar-refractivity contribution >= 4 is 28.3 Å². The maximum atomic E-state index is 12.1. The standard InChI is InChI=1S/C15H16N4O2/c1-10-9-15(2,21-19-10)14(20)18-17-13-8-7-11-5-3-4-6-12(11)16-13/h3-8H,9H2,1-2H3,(H,16,17)(H,18,20). The van der Waals surface area contributed by atoms with Crippen molar-refractivity contribution < 1.29 is 9.63 Å². The molecule has 0 saturated carbocycles. The molecule has 1 unspecified atom stereocenters. The van der Waals surface area contributed by atoms with Crippen LogP contribution in [0.1, 0.15) is 20.3 Å². The van der Waals surface area contributed by atoms with Gasteiger partial charge in [0.05, 0.1) is 11.2 Å². The number of aromatic nitrogens is 1. The third-order valence-electron chi connectivity index (χ3n) is 3.38. The Morgan fingerprint density at radius 1 is 1.29 bits per heavy atom. The number of carbonyl (C=O) groups is 1. The largest absolute Gasteiger partial charge is 0.379 e. The van der Waals surface area contributed by atoms with Gasteiger partial charge < -0.3 is 4.84 Å². The van der Waals surface area contributed by atoms with Crippen LogP contribution in [0.15, 0.2) is 41.6 Å². The molecule has 1 aromatic heterocycles. The van der Waals surface area contributed by atoms with Gasteiger partial charge in [0.15, 0.2) is 0 Å². The number of hydrogen-bond acceptors (Lipinski definition) is 5. The first-order valence-electron chi connectivity index (χ1n) is 6.71. The van der Waals surface area contributed by atoms with Crippen LogP contribution in [0.25, 0.3) is 10.9 Å². The van der Waals surface area contributed by atoms with E-state index in [1.165, 1.54) is 0 Å². The number of benzene rings is 1. The molecule has 1 atom stereocenters. The van der Waals surface area contributed by atoms with Crippen LogP contribution in [-0.4, -0.2) is 22.2 Å². The van der Waals surface area contributed by atoms with E-state index in [0.717, 1.165) is 16.6 Å². The number of nitrogens with zero attached hydrogens (tertiary/aromatic N) is 2. The molecule has 1 aromatic carbocycles. The van der Waals surface area contributed by atoms with Crippen molar-refractivity contribution in [2.24, 2.45) is 5.16 Å². The Labute approximate surface area is 122 Å². The monoisotopic (exact) mass is 284 g/mol. The van der Waals surface area contributed by atoms with Gasteiger partial charge in [-0.3, -0.25) is 15.6 Å². The molecule has 2 N–H and O–H groups in total. The quantitative estimate of drug-likeness (QED) is 0.847. The summed E-state index contributed by atoms with van der Waals surface area (Å²) in [5, 5.41) is 4.86. The lowest BCUT2D eigenvalue weighted by atomic mass is 10.00. The van der Waals surface area contributed by atoms with Crippen molar-refractivity contribution in [2.75, 3.05) is 5.43 Å². The van der Waals surface area contributed by atoms with E-state index in [1.54, 1.807) is 6.92 Å². The second-order valence-electron chi connectivity index (χ2n) is 5.29. The highest BCUT2D eigenvalue weighted by Gasteiger charge is 2.40. The topological polar surface area (TPSA) is 75.6 Å². The Hall–Kier alpha value is -2.63. The average Bonchev–Trinajstić information content (AvgIpc) is 2.85. The molecule has 2 heterocycles. The van der Waals surface area contributed by atoms with E-state index in [9.17, 15) is 4.79 Å². The molecule has 6 heteroatoms. The van der Waals surface area contributed by atoms with Crippen LogP contribution in [0.4, 0.5) is 5.82 Å². The zero-order valence-corrected chi connectivity index (χ0v) is 11.9. The average molecular weight is 284 g/mol. The maximum absolute atomic E-state index is 12.1. The van der Waals surface area contributed by atoms with E-state index in [4.69, 9.17) is 4.84 Å². The van der Waals surface area contributed by atoms with Gasteiger partial charge in [0.25, 0.3) is 5.91 Å². The van der Waals surface area contributed by atoms with E-state index >= 15 is 0 Å². The molecule has 0 aliphatic carbocycles. The van der Waals surface area contributed by atoms with Gasteiger partial charge in [-0.2, -0.15) is 0 Å². The van der Waals surface area contributed by atoms with Gasteiger partial charge in [-0.1, -0.05) is 23.4 Å². The lowest BCUT2D eigenvalue weighted by molar-refractivity contribution is -0.141. The molecule has 0 fully saturated rings. The fourth-order valence-corrected chi connectivity index (χ4v) is 2.24. The summed E-state index contributed by atoms with van der Waals surface area (Å²) in [4.78, 5) is 21.8. The Morgan fingerprint density at radius 2 is 2.10 bits per heavy atom. The van der Waals surface area contributed by atoms with Gasteiger partial charge in [-0.25, -0.2) is 4.98 Å². The first-order chi connectivity index (χ1) is 10.1. The fraction of sp³-hybridized carbons (Fsp3) is 0.267. The number of amides is 1. The summed E-state index contributed by atoms with van der Waals surface area (Å²) in [5.41, 5.74) is 6.13. The van der Waals surface area contributed by atoms with Gasteiger partial charge in [0.1, 0.15) is 5.82 Å². The van der Waals surface area contributed by atoms with Crippen LogP contribution in [0.2, 0.25) is 0 Å². The van der Waals surface area contributed by atoms with E-state index in [-0.39, 0.29) is 5.91 Å². The number of pyridine rings is 1. The molecule has 0 bridgehead atoms. The molecule has 21 heavy (non-hydrogen) atoms. The van der Waals surface area contributed by atoms with Crippen molar-refractivity contribution in [1.29, 1.82) is 0 Å². The smallest absolute Gasteiger partial charge is 0.285 e. The number of anilines is 1. The number of carbonyl (C=O) groups excluding carboxylic acids is 1. The van der Waals surface area contributed by atoms with Crippen molar-refractivity contribution in [1.82, 2.24) is 10.4 Å². The summed E-state index contributed by atoms with van der Waals surface area (Å²) in [7, 11) is 0. The first-order valence-corrected chi connectivity index (χ1v) is 6.71. The first kappa shape index (κ1) is 13.4. The summed E-state index contributed by atoms with van der Waals surface area (Å²) in [6.07, 6.45) is 0.478. The van der Waals surface area contributed by atoms with Gasteiger partial charge in [0, 0.05) is 11.8 Å². The third-order valence-corrected chi connectivity index (χ3v) is 3.38. The molecule has 2 aromatic rings. The summed E-state index contributed by atoms with van der Waals surface area (Å²) in [6, 6.07) is 11.5. The molecule has 0 radical (unpaired) electrons. The Kier molecular flexibility index (Phi) is 3.21. The van der Waals surface area contributed by atoms with Gasteiger partial charge in [0.2, 0.25) is 5.60 Å².